The maximum absolute atomic E-state index is 10.8. The molecule has 3 heteroatoms. The Morgan fingerprint density at radius 2 is 2.19 bits per heavy atom. The van der Waals surface area contributed by atoms with Crippen molar-refractivity contribution in [3.8, 4) is 5.75 Å². The minimum Gasteiger partial charge on any atom is -0.506 e. The molecule has 0 aliphatic heterocycles. The van der Waals surface area contributed by atoms with Crippen LogP contribution in [-0.2, 0) is 0 Å². The lowest BCUT2D eigenvalue weighted by Crippen LogP contribution is -1.97. The summed E-state index contributed by atoms with van der Waals surface area (Å²) < 4.78 is 0. The third-order valence-corrected chi connectivity index (χ3v) is 2.32. The Hall–Kier alpha value is -1.77. The summed E-state index contributed by atoms with van der Waals surface area (Å²) in [5.41, 5.74) is 0.494. The van der Waals surface area contributed by atoms with E-state index < -0.39 is 5.97 Å². The van der Waals surface area contributed by atoms with Gasteiger partial charge in [0.2, 0.25) is 0 Å². The molecule has 0 spiro atoms. The van der Waals surface area contributed by atoms with Gasteiger partial charge in [-0.1, -0.05) is 44.1 Å². The fourth-order valence-electron chi connectivity index (χ4n) is 1.40. The van der Waals surface area contributed by atoms with Crippen LogP contribution in [0.1, 0.15) is 42.1 Å². The van der Waals surface area contributed by atoms with Crippen molar-refractivity contribution in [2.75, 3.05) is 0 Å². The lowest BCUT2D eigenvalue weighted by Gasteiger charge is -2.02. The van der Waals surface area contributed by atoms with Crippen LogP contribution in [0.5, 0.6) is 5.75 Å². The van der Waals surface area contributed by atoms with Crippen LogP contribution < -0.4 is 0 Å². The van der Waals surface area contributed by atoms with E-state index >= 15 is 0 Å². The fourth-order valence-corrected chi connectivity index (χ4v) is 1.40. The molecular weight excluding hydrogens is 204 g/mol. The van der Waals surface area contributed by atoms with Gasteiger partial charge in [0, 0.05) is 5.56 Å². The molecule has 0 amide bonds. The predicted molar refractivity (Wildman–Crippen MR) is 63.6 cm³/mol. The van der Waals surface area contributed by atoms with E-state index in [0.717, 1.165) is 19.3 Å². The number of unbranched alkanes of at least 4 members (excludes halogenated alkanes) is 2. The molecule has 0 bridgehead atoms. The molecule has 0 aliphatic rings. The molecule has 0 radical (unpaired) electrons. The maximum Gasteiger partial charge on any atom is 0.339 e. The normalized spacial score (nSPS) is 10.8. The number of aromatic carboxylic acids is 1. The number of benzene rings is 1. The van der Waals surface area contributed by atoms with E-state index in [9.17, 15) is 9.90 Å². The Morgan fingerprint density at radius 1 is 1.44 bits per heavy atom. The van der Waals surface area contributed by atoms with Crippen LogP contribution in [0.4, 0.5) is 0 Å². The maximum atomic E-state index is 10.8. The van der Waals surface area contributed by atoms with E-state index in [1.165, 1.54) is 6.07 Å². The van der Waals surface area contributed by atoms with Crippen molar-refractivity contribution < 1.29 is 15.0 Å². The van der Waals surface area contributed by atoms with Crippen molar-refractivity contribution in [2.24, 2.45) is 0 Å². The lowest BCUT2D eigenvalue weighted by atomic mass is 10.1. The zero-order valence-electron chi connectivity index (χ0n) is 9.31. The highest BCUT2D eigenvalue weighted by Gasteiger charge is 2.10. The summed E-state index contributed by atoms with van der Waals surface area (Å²) in [6, 6.07) is 4.72. The molecule has 3 nitrogen and oxygen atoms in total. The standard InChI is InChI=1S/C13H16O3/c1-2-3-4-5-7-10-8-6-9-11(12(10)14)13(15)16/h5-9,14H,2-4H2,1H3,(H,15,16). The minimum absolute atomic E-state index is 0.0577. The summed E-state index contributed by atoms with van der Waals surface area (Å²) >= 11 is 0. The number of hydrogen-bond donors (Lipinski definition) is 2. The smallest absolute Gasteiger partial charge is 0.339 e. The monoisotopic (exact) mass is 220 g/mol. The van der Waals surface area contributed by atoms with Gasteiger partial charge in [0.1, 0.15) is 11.3 Å². The fraction of sp³-hybridized carbons (Fsp3) is 0.308. The number of phenols is 1. The first-order valence-corrected chi connectivity index (χ1v) is 5.38. The molecule has 0 aliphatic carbocycles. The summed E-state index contributed by atoms with van der Waals surface area (Å²) in [6.07, 6.45) is 6.86. The molecule has 0 unspecified atom stereocenters. The van der Waals surface area contributed by atoms with Crippen LogP contribution in [0, 0.1) is 0 Å². The van der Waals surface area contributed by atoms with Gasteiger partial charge >= 0.3 is 5.97 Å². The minimum atomic E-state index is -1.11. The van der Waals surface area contributed by atoms with Gasteiger partial charge in [-0.05, 0) is 12.5 Å². The second kappa shape index (κ2) is 5.95. The van der Waals surface area contributed by atoms with E-state index in [2.05, 4.69) is 6.92 Å². The van der Waals surface area contributed by atoms with Gasteiger partial charge in [0.25, 0.3) is 0 Å². The van der Waals surface area contributed by atoms with Gasteiger partial charge in [-0.2, -0.15) is 0 Å². The second-order valence-corrected chi connectivity index (χ2v) is 3.59. The van der Waals surface area contributed by atoms with E-state index in [-0.39, 0.29) is 11.3 Å². The van der Waals surface area contributed by atoms with E-state index in [1.54, 1.807) is 18.2 Å². The molecule has 2 N–H and O–H groups in total. The SMILES string of the molecule is CCCCC=Cc1cccc(C(=O)O)c1O. The quantitative estimate of drug-likeness (QED) is 0.748. The van der Waals surface area contributed by atoms with Gasteiger partial charge < -0.3 is 10.2 Å². The van der Waals surface area contributed by atoms with Crippen molar-refractivity contribution in [2.45, 2.75) is 26.2 Å². The van der Waals surface area contributed by atoms with Gasteiger partial charge in [0.05, 0.1) is 0 Å². The number of rotatable bonds is 5. The van der Waals surface area contributed by atoms with Crippen molar-refractivity contribution in [1.29, 1.82) is 0 Å². The molecule has 86 valence electrons. The van der Waals surface area contributed by atoms with Gasteiger partial charge in [-0.25, -0.2) is 4.79 Å². The first-order valence-electron chi connectivity index (χ1n) is 5.38. The van der Waals surface area contributed by atoms with E-state index in [0.29, 0.717) is 5.56 Å². The molecular formula is C13H16O3. The average molecular weight is 220 g/mol. The zero-order valence-corrected chi connectivity index (χ0v) is 9.31. The number of para-hydroxylation sites is 1. The Bertz CT molecular complexity index is 394. The van der Waals surface area contributed by atoms with Gasteiger partial charge in [-0.3, -0.25) is 0 Å². The molecule has 1 rings (SSSR count). The molecule has 16 heavy (non-hydrogen) atoms. The summed E-state index contributed by atoms with van der Waals surface area (Å²) in [5, 5.41) is 18.5. The second-order valence-electron chi connectivity index (χ2n) is 3.59. The first-order chi connectivity index (χ1) is 7.66. The molecule has 0 saturated carbocycles. The highest BCUT2D eigenvalue weighted by molar-refractivity contribution is 5.92. The molecule has 0 heterocycles. The van der Waals surface area contributed by atoms with Crippen LogP contribution in [-0.4, -0.2) is 16.2 Å². The number of carbonyl (C=O) groups is 1. The number of carboxylic acids is 1. The summed E-state index contributed by atoms with van der Waals surface area (Å²) in [7, 11) is 0. The highest BCUT2D eigenvalue weighted by atomic mass is 16.4. The zero-order chi connectivity index (χ0) is 12.0. The van der Waals surface area contributed by atoms with Crippen molar-refractivity contribution in [3.63, 3.8) is 0 Å². The summed E-state index contributed by atoms with van der Waals surface area (Å²) in [6.45, 7) is 2.11. The topological polar surface area (TPSA) is 57.5 Å². The highest BCUT2D eigenvalue weighted by Crippen LogP contribution is 2.23. The van der Waals surface area contributed by atoms with Crippen molar-refractivity contribution in [1.82, 2.24) is 0 Å². The van der Waals surface area contributed by atoms with Gasteiger partial charge in [0.15, 0.2) is 0 Å². The summed E-state index contributed by atoms with van der Waals surface area (Å²) in [4.78, 5) is 10.8. The molecule has 1 aromatic rings. The van der Waals surface area contributed by atoms with E-state index in [4.69, 9.17) is 5.11 Å². The first kappa shape index (κ1) is 12.3. The molecule has 0 saturated heterocycles. The predicted octanol–water partition coefficient (Wildman–Crippen LogP) is 3.29. The van der Waals surface area contributed by atoms with Gasteiger partial charge in [-0.15, -0.1) is 0 Å². The van der Waals surface area contributed by atoms with Crippen LogP contribution in [0.15, 0.2) is 24.3 Å². The van der Waals surface area contributed by atoms with Crippen LogP contribution in [0.25, 0.3) is 6.08 Å². The Kier molecular flexibility index (Phi) is 4.58. The van der Waals surface area contributed by atoms with Crippen LogP contribution in [0.3, 0.4) is 0 Å². The Labute approximate surface area is 95.0 Å². The number of aromatic hydroxyl groups is 1. The third kappa shape index (κ3) is 3.12. The van der Waals surface area contributed by atoms with Crippen molar-refractivity contribution in [3.05, 3.63) is 35.4 Å². The van der Waals surface area contributed by atoms with Crippen LogP contribution in [0.2, 0.25) is 0 Å². The average Bonchev–Trinajstić information content (AvgIpc) is 2.26. The largest absolute Gasteiger partial charge is 0.506 e. The Morgan fingerprint density at radius 3 is 2.81 bits per heavy atom. The van der Waals surface area contributed by atoms with E-state index in [1.807, 2.05) is 6.08 Å². The lowest BCUT2D eigenvalue weighted by molar-refractivity contribution is 0.0693. The molecule has 0 atom stereocenters. The van der Waals surface area contributed by atoms with Crippen LogP contribution >= 0.6 is 0 Å². The third-order valence-electron chi connectivity index (χ3n) is 2.32. The Balaban J connectivity index is 2.85. The number of allylic oxidation sites excluding steroid dienone is 1. The summed E-state index contributed by atoms with van der Waals surface area (Å²) in [5.74, 6) is -1.27. The molecule has 1 aromatic carbocycles. The van der Waals surface area contributed by atoms with Crippen molar-refractivity contribution >= 4 is 12.0 Å². The molecule has 0 fully saturated rings. The molecule has 0 aromatic heterocycles. The number of carboxylic acid groups (broad SMARTS) is 1. The number of hydrogen-bond acceptors (Lipinski definition) is 2.